The van der Waals surface area contributed by atoms with E-state index < -0.39 is 10.0 Å². The molecule has 1 aromatic heterocycles. The van der Waals surface area contributed by atoms with Crippen LogP contribution >= 0.6 is 0 Å². The topological polar surface area (TPSA) is 110 Å². The highest BCUT2D eigenvalue weighted by atomic mass is 32.2. The van der Waals surface area contributed by atoms with Gasteiger partial charge in [-0.25, -0.2) is 13.5 Å². The maximum absolute atomic E-state index is 10.4. The summed E-state index contributed by atoms with van der Waals surface area (Å²) in [7, 11) is -3.10. The van der Waals surface area contributed by atoms with E-state index in [9.17, 15) is 13.2 Å². The molecule has 0 spiro atoms. The lowest BCUT2D eigenvalue weighted by molar-refractivity contribution is 0.286. The van der Waals surface area contributed by atoms with Gasteiger partial charge in [0.25, 0.3) is 15.6 Å². The highest BCUT2D eigenvalue weighted by Crippen LogP contribution is 2.01. The summed E-state index contributed by atoms with van der Waals surface area (Å²) in [6.07, 6.45) is 20.5. The van der Waals surface area contributed by atoms with Crippen molar-refractivity contribution in [1.82, 2.24) is 14.9 Å². The van der Waals surface area contributed by atoms with Crippen LogP contribution in [-0.4, -0.2) is 25.2 Å². The molecule has 2 N–H and O–H groups in total. The van der Waals surface area contributed by atoms with Crippen molar-refractivity contribution in [3.05, 3.63) is 114 Å². The molecule has 0 saturated heterocycles. The molecule has 45 heavy (non-hydrogen) atoms. The molecule has 0 unspecified atom stereocenters. The van der Waals surface area contributed by atoms with Gasteiger partial charge in [0, 0.05) is 18.5 Å². The van der Waals surface area contributed by atoms with Crippen molar-refractivity contribution < 1.29 is 17.9 Å². The van der Waals surface area contributed by atoms with Crippen LogP contribution in [0.5, 0.6) is 0 Å². The van der Waals surface area contributed by atoms with Crippen molar-refractivity contribution in [2.45, 2.75) is 118 Å². The van der Waals surface area contributed by atoms with Gasteiger partial charge in [0.1, 0.15) is 12.4 Å². The number of hydrogen-bond donors (Lipinski definition) is 2. The van der Waals surface area contributed by atoms with Gasteiger partial charge < -0.3 is 9.47 Å². The van der Waals surface area contributed by atoms with Gasteiger partial charge in [0.15, 0.2) is 0 Å². The van der Waals surface area contributed by atoms with Crippen LogP contribution in [0, 0.1) is 0 Å². The van der Waals surface area contributed by atoms with E-state index in [1.807, 2.05) is 141 Å². The van der Waals surface area contributed by atoms with E-state index in [2.05, 4.69) is 21.5 Å². The molecular weight excluding hydrogens is 586 g/mol. The molecule has 0 radical (unpaired) electrons. The maximum atomic E-state index is 10.4. The first-order chi connectivity index (χ1) is 21.5. The zero-order valence-corrected chi connectivity index (χ0v) is 31.8. The van der Waals surface area contributed by atoms with E-state index in [4.69, 9.17) is 9.47 Å². The summed E-state index contributed by atoms with van der Waals surface area (Å²) in [5.41, 5.74) is -0.164. The molecule has 0 aromatic carbocycles. The van der Waals surface area contributed by atoms with Crippen molar-refractivity contribution in [1.29, 1.82) is 0 Å². The first kappa shape index (κ1) is 64.4. The molecule has 0 saturated carbocycles. The number of nitrogens with one attached hydrogen (secondary N) is 2. The van der Waals surface area contributed by atoms with Crippen LogP contribution in [0.3, 0.4) is 0 Å². The fourth-order valence-corrected chi connectivity index (χ4v) is 2.05. The monoisotopic (exact) mass is 660 g/mol. The molecule has 8 nitrogen and oxygen atoms in total. The number of ether oxygens (including phenoxy) is 2. The Morgan fingerprint density at radius 1 is 0.733 bits per heavy atom. The minimum Gasteiger partial charge on any atom is -0.497 e. The van der Waals surface area contributed by atoms with Gasteiger partial charge in [-0.1, -0.05) is 137 Å². The van der Waals surface area contributed by atoms with Crippen molar-refractivity contribution in [2.24, 2.45) is 0 Å². The quantitative estimate of drug-likeness (QED) is 0.287. The van der Waals surface area contributed by atoms with Gasteiger partial charge in [-0.15, -0.1) is 0 Å². The highest BCUT2D eigenvalue weighted by molar-refractivity contribution is 7.92. The predicted octanol–water partition coefficient (Wildman–Crippen LogP) is 11.2. The number of allylic oxidation sites excluding steroid dienone is 7. The van der Waals surface area contributed by atoms with Crippen LogP contribution in [0.2, 0.25) is 0 Å². The Morgan fingerprint density at radius 3 is 1.40 bits per heavy atom. The summed E-state index contributed by atoms with van der Waals surface area (Å²) in [5.74, 6) is 0.697. The minimum absolute atomic E-state index is 0. The number of H-pyrrole nitrogens is 1. The van der Waals surface area contributed by atoms with Gasteiger partial charge in [0.05, 0.1) is 17.9 Å². The third-order valence-corrected chi connectivity index (χ3v) is 3.57. The molecule has 0 atom stereocenters. The number of nitrogens with zero attached hydrogens (tertiary/aromatic N) is 1. The standard InChI is InChI=1S/C6H6O.C5H6O.C4H4N2O.C4H5NO2S.8C2H6.CH4/c1-6-4-2-3-5-7-6;1-2-4-6-5-3-1;7-4-2-1-3-5-6-4;6-8(7)4-2-1-3-5-8;8*1-2;/h2-5H,1H2;1-4H,5H2;1-3H,(H,6,7);1-5H;8*1-2H3;1H4. The van der Waals surface area contributed by atoms with E-state index in [0.717, 1.165) is 12.0 Å². The Kier molecular flexibility index (Phi) is 104. The molecule has 0 bridgehead atoms. The van der Waals surface area contributed by atoms with Crippen LogP contribution in [0.25, 0.3) is 0 Å². The van der Waals surface area contributed by atoms with Crippen LogP contribution in [0.4, 0.5) is 0 Å². The van der Waals surface area contributed by atoms with Gasteiger partial charge in [0.2, 0.25) is 0 Å². The van der Waals surface area contributed by atoms with Crippen LogP contribution < -0.4 is 10.3 Å². The average Bonchev–Trinajstić information content (AvgIpc) is 3.14. The third kappa shape index (κ3) is 73.9. The molecule has 0 fully saturated rings. The van der Waals surface area contributed by atoms with Crippen LogP contribution in [-0.2, 0) is 19.5 Å². The first-order valence-electron chi connectivity index (χ1n) is 16.0. The lowest BCUT2D eigenvalue weighted by Gasteiger charge is -1.98. The zero-order valence-electron chi connectivity index (χ0n) is 31.0. The van der Waals surface area contributed by atoms with Gasteiger partial charge in [-0.05, 0) is 42.5 Å². The third-order valence-electron chi connectivity index (χ3n) is 2.59. The second-order valence-electron chi connectivity index (χ2n) is 4.83. The summed E-state index contributed by atoms with van der Waals surface area (Å²) >= 11 is 0. The van der Waals surface area contributed by atoms with Crippen molar-refractivity contribution in [3.63, 3.8) is 0 Å². The Labute approximate surface area is 280 Å². The lowest BCUT2D eigenvalue weighted by atomic mass is 10.4. The summed E-state index contributed by atoms with van der Waals surface area (Å²) in [5, 5.41) is 6.78. The summed E-state index contributed by atoms with van der Waals surface area (Å²) < 4.78 is 32.6. The molecule has 9 heteroatoms. The van der Waals surface area contributed by atoms with E-state index in [1.54, 1.807) is 30.7 Å². The molecule has 3 aliphatic rings. The molecule has 4 rings (SSSR count). The van der Waals surface area contributed by atoms with Gasteiger partial charge in [-0.2, -0.15) is 5.10 Å². The Hall–Kier alpha value is -3.59. The number of aromatic nitrogens is 2. The maximum Gasteiger partial charge on any atom is 0.264 e. The largest absolute Gasteiger partial charge is 0.497 e. The number of aromatic amines is 1. The lowest BCUT2D eigenvalue weighted by Crippen LogP contribution is -2.15. The smallest absolute Gasteiger partial charge is 0.264 e. The Morgan fingerprint density at radius 2 is 1.24 bits per heavy atom. The number of sulfonamides is 1. The van der Waals surface area contributed by atoms with Crippen molar-refractivity contribution >= 4 is 10.0 Å². The predicted molar refractivity (Wildman–Crippen MR) is 205 cm³/mol. The zero-order chi connectivity index (χ0) is 36.5. The fraction of sp³-hybridized carbons (Fsp3) is 0.500. The molecule has 4 heterocycles. The first-order valence-corrected chi connectivity index (χ1v) is 17.5. The summed E-state index contributed by atoms with van der Waals surface area (Å²) in [6, 6.07) is 2.99. The highest BCUT2D eigenvalue weighted by Gasteiger charge is 2.00. The van der Waals surface area contributed by atoms with Crippen molar-refractivity contribution in [2.75, 3.05) is 6.61 Å². The van der Waals surface area contributed by atoms with E-state index in [-0.39, 0.29) is 13.0 Å². The second-order valence-corrected chi connectivity index (χ2v) is 6.42. The van der Waals surface area contributed by atoms with E-state index in [0.29, 0.717) is 5.76 Å². The van der Waals surface area contributed by atoms with E-state index >= 15 is 0 Å². The normalized spacial score (nSPS) is 11.3. The second kappa shape index (κ2) is 72.6. The van der Waals surface area contributed by atoms with E-state index in [1.165, 1.54) is 24.5 Å². The Balaban J connectivity index is -0.0000000475. The fourth-order valence-electron chi connectivity index (χ4n) is 1.41. The molecule has 0 amide bonds. The van der Waals surface area contributed by atoms with Gasteiger partial charge >= 0.3 is 0 Å². The summed E-state index contributed by atoms with van der Waals surface area (Å²) in [6.45, 7) is 36.3. The molecular formula is C36H73N3O5S. The van der Waals surface area contributed by atoms with Crippen LogP contribution in [0.1, 0.15) is 118 Å². The minimum atomic E-state index is -3.10. The number of hydrogen-bond acceptors (Lipinski definition) is 6. The SMILES string of the molecule is C.C1=CCOC=C1.C=C1C=CC=CO1.CC.CC.CC.CC.CC.CC.CC.CC.O=S1(=O)C=CC=CN1.O=c1cccn[nH]1. The average molecular weight is 660 g/mol. The molecule has 0 aliphatic carbocycles. The molecule has 3 aliphatic heterocycles. The van der Waals surface area contributed by atoms with Crippen LogP contribution in [0.15, 0.2) is 108 Å². The molecule has 1 aromatic rings. The van der Waals surface area contributed by atoms with Crippen molar-refractivity contribution in [3.8, 4) is 0 Å². The summed E-state index contributed by atoms with van der Waals surface area (Å²) in [4.78, 5) is 10.2. The Bertz CT molecular complexity index is 916. The number of rotatable bonds is 0. The van der Waals surface area contributed by atoms with Gasteiger partial charge in [-0.3, -0.25) is 9.52 Å². The molecule has 268 valence electrons.